The van der Waals surface area contributed by atoms with Crippen molar-refractivity contribution < 1.29 is 13.2 Å². The fourth-order valence-corrected chi connectivity index (χ4v) is 4.25. The van der Waals surface area contributed by atoms with E-state index in [1.807, 2.05) is 0 Å². The van der Waals surface area contributed by atoms with Gasteiger partial charge in [0.2, 0.25) is 0 Å². The van der Waals surface area contributed by atoms with Gasteiger partial charge in [0.1, 0.15) is 5.82 Å². The summed E-state index contributed by atoms with van der Waals surface area (Å²) in [5.41, 5.74) is 0. The smallest absolute Gasteiger partial charge is 0.296 e. The highest BCUT2D eigenvalue weighted by Crippen LogP contribution is 2.62. The van der Waals surface area contributed by atoms with Crippen LogP contribution in [0.1, 0.15) is 31.0 Å². The van der Waals surface area contributed by atoms with Crippen molar-refractivity contribution >= 4 is 19.7 Å². The molecule has 0 bridgehead atoms. The van der Waals surface area contributed by atoms with Crippen LogP contribution in [0.4, 0.5) is 0 Å². The second kappa shape index (κ2) is 4.71. The molecule has 0 aliphatic heterocycles. The Kier molecular flexibility index (Phi) is 3.31. The standard InChI is InChI=1S/C11H16ClN3O3S/c1-18-6-5-15-10(9-7-3-2-4-8(7)9)13-14-11(15)19(12,16)17/h7-9H,2-6H2,1H3. The molecule has 8 heteroatoms. The summed E-state index contributed by atoms with van der Waals surface area (Å²) < 4.78 is 29.7. The van der Waals surface area contributed by atoms with Gasteiger partial charge in [-0.1, -0.05) is 6.42 Å². The van der Waals surface area contributed by atoms with E-state index in [1.165, 1.54) is 19.3 Å². The molecule has 6 nitrogen and oxygen atoms in total. The predicted octanol–water partition coefficient (Wildman–Crippen LogP) is 1.37. The average molecular weight is 306 g/mol. The van der Waals surface area contributed by atoms with Gasteiger partial charge in [-0.2, -0.15) is 0 Å². The molecule has 2 saturated carbocycles. The third kappa shape index (κ3) is 2.28. The minimum absolute atomic E-state index is 0.161. The van der Waals surface area contributed by atoms with Crippen LogP contribution in [-0.4, -0.2) is 36.9 Å². The highest BCUT2D eigenvalue weighted by Gasteiger charge is 2.55. The molecule has 2 atom stereocenters. The zero-order chi connectivity index (χ0) is 13.6. The molecule has 0 N–H and O–H groups in total. The molecule has 0 radical (unpaired) electrons. The van der Waals surface area contributed by atoms with Crippen LogP contribution in [0, 0.1) is 11.8 Å². The maximum absolute atomic E-state index is 11.5. The zero-order valence-electron chi connectivity index (χ0n) is 10.6. The van der Waals surface area contributed by atoms with Crippen LogP contribution in [0.2, 0.25) is 0 Å². The van der Waals surface area contributed by atoms with Gasteiger partial charge in [0, 0.05) is 30.3 Å². The van der Waals surface area contributed by atoms with E-state index in [0.29, 0.717) is 30.9 Å². The Balaban J connectivity index is 1.93. The number of aromatic nitrogens is 3. The summed E-state index contributed by atoms with van der Waals surface area (Å²) in [5, 5.41) is 7.68. The van der Waals surface area contributed by atoms with Crippen molar-refractivity contribution in [3.63, 3.8) is 0 Å². The Morgan fingerprint density at radius 1 is 1.37 bits per heavy atom. The molecule has 0 aromatic carbocycles. The van der Waals surface area contributed by atoms with E-state index in [2.05, 4.69) is 10.2 Å². The van der Waals surface area contributed by atoms with Gasteiger partial charge in [0.25, 0.3) is 14.2 Å². The number of halogens is 1. The summed E-state index contributed by atoms with van der Waals surface area (Å²) in [4.78, 5) is 0. The summed E-state index contributed by atoms with van der Waals surface area (Å²) in [6.07, 6.45) is 3.67. The monoisotopic (exact) mass is 305 g/mol. The molecule has 2 aliphatic carbocycles. The maximum atomic E-state index is 11.5. The number of nitrogens with zero attached hydrogens (tertiary/aromatic N) is 3. The summed E-state index contributed by atoms with van der Waals surface area (Å²) in [7, 11) is 3.12. The highest BCUT2D eigenvalue weighted by atomic mass is 35.7. The lowest BCUT2D eigenvalue weighted by atomic mass is 10.1. The molecule has 0 saturated heterocycles. The van der Waals surface area contributed by atoms with Crippen molar-refractivity contribution in [2.24, 2.45) is 11.8 Å². The first kappa shape index (κ1) is 13.3. The molecular formula is C11H16ClN3O3S. The normalized spacial score (nSPS) is 29.5. The van der Waals surface area contributed by atoms with Gasteiger partial charge in [0.05, 0.1) is 6.61 Å². The first-order valence-corrected chi connectivity index (χ1v) is 8.71. The van der Waals surface area contributed by atoms with Crippen LogP contribution in [0.3, 0.4) is 0 Å². The minimum atomic E-state index is -3.87. The lowest BCUT2D eigenvalue weighted by molar-refractivity contribution is 0.183. The summed E-state index contributed by atoms with van der Waals surface area (Å²) >= 11 is 0. The van der Waals surface area contributed by atoms with Gasteiger partial charge in [-0.3, -0.25) is 4.57 Å². The van der Waals surface area contributed by atoms with Crippen molar-refractivity contribution in [2.75, 3.05) is 13.7 Å². The van der Waals surface area contributed by atoms with Gasteiger partial charge in [-0.05, 0) is 24.7 Å². The van der Waals surface area contributed by atoms with E-state index >= 15 is 0 Å². The number of hydrogen-bond donors (Lipinski definition) is 0. The largest absolute Gasteiger partial charge is 0.383 e. The Morgan fingerprint density at radius 3 is 2.63 bits per heavy atom. The van der Waals surface area contributed by atoms with Crippen LogP contribution >= 0.6 is 10.7 Å². The highest BCUT2D eigenvalue weighted by molar-refractivity contribution is 8.13. The van der Waals surface area contributed by atoms with Crippen molar-refractivity contribution in [3.8, 4) is 0 Å². The predicted molar refractivity (Wildman–Crippen MR) is 68.5 cm³/mol. The average Bonchev–Trinajstić information content (AvgIpc) is 2.78. The minimum Gasteiger partial charge on any atom is -0.383 e. The molecule has 1 aromatic rings. The Morgan fingerprint density at radius 2 is 2.05 bits per heavy atom. The third-order valence-corrected chi connectivity index (χ3v) is 5.34. The number of rotatable bonds is 5. The van der Waals surface area contributed by atoms with Gasteiger partial charge < -0.3 is 4.74 Å². The maximum Gasteiger partial charge on any atom is 0.296 e. The number of fused-ring (bicyclic) bond motifs is 1. The van der Waals surface area contributed by atoms with Gasteiger partial charge >= 0.3 is 0 Å². The first-order chi connectivity index (χ1) is 9.04. The number of ether oxygens (including phenoxy) is 1. The second-order valence-corrected chi connectivity index (χ2v) is 7.67. The lowest BCUT2D eigenvalue weighted by Gasteiger charge is -2.09. The Hall–Kier alpha value is -0.660. The van der Waals surface area contributed by atoms with Gasteiger partial charge in [0.15, 0.2) is 0 Å². The summed E-state index contributed by atoms with van der Waals surface area (Å²) in [6.45, 7) is 0.822. The number of methoxy groups -OCH3 is 1. The van der Waals surface area contributed by atoms with Crippen LogP contribution in [0.25, 0.3) is 0 Å². The second-order valence-electron chi connectivity index (χ2n) is 5.21. The van der Waals surface area contributed by atoms with Crippen LogP contribution in [0.5, 0.6) is 0 Å². The molecule has 2 aliphatic rings. The molecule has 2 fully saturated rings. The van der Waals surface area contributed by atoms with E-state index < -0.39 is 9.05 Å². The number of hydrogen-bond acceptors (Lipinski definition) is 5. The molecule has 1 heterocycles. The summed E-state index contributed by atoms with van der Waals surface area (Å²) in [5.74, 6) is 2.41. The van der Waals surface area contributed by atoms with Gasteiger partial charge in [-0.15, -0.1) is 10.2 Å². The molecule has 0 amide bonds. The van der Waals surface area contributed by atoms with Crippen LogP contribution in [0.15, 0.2) is 5.16 Å². The fourth-order valence-electron chi connectivity index (χ4n) is 3.32. The van der Waals surface area contributed by atoms with Crippen LogP contribution < -0.4 is 0 Å². The molecule has 19 heavy (non-hydrogen) atoms. The van der Waals surface area contributed by atoms with Crippen molar-refractivity contribution in [3.05, 3.63) is 5.82 Å². The van der Waals surface area contributed by atoms with Crippen molar-refractivity contribution in [1.29, 1.82) is 0 Å². The van der Waals surface area contributed by atoms with Crippen molar-refractivity contribution in [2.45, 2.75) is 36.9 Å². The SMILES string of the molecule is COCCn1c(C2C3CCCC32)nnc1S(=O)(=O)Cl. The topological polar surface area (TPSA) is 74.1 Å². The molecule has 3 rings (SSSR count). The summed E-state index contributed by atoms with van der Waals surface area (Å²) in [6, 6.07) is 0. The van der Waals surface area contributed by atoms with Gasteiger partial charge in [-0.25, -0.2) is 8.42 Å². The van der Waals surface area contributed by atoms with E-state index in [-0.39, 0.29) is 5.16 Å². The van der Waals surface area contributed by atoms with E-state index in [4.69, 9.17) is 15.4 Å². The zero-order valence-corrected chi connectivity index (χ0v) is 12.2. The molecule has 0 spiro atoms. The van der Waals surface area contributed by atoms with E-state index in [1.54, 1.807) is 11.7 Å². The first-order valence-electron chi connectivity index (χ1n) is 6.40. The lowest BCUT2D eigenvalue weighted by Crippen LogP contribution is -2.13. The molecular weight excluding hydrogens is 290 g/mol. The Bertz CT molecular complexity index is 576. The molecule has 1 aromatic heterocycles. The van der Waals surface area contributed by atoms with Crippen molar-refractivity contribution in [1.82, 2.24) is 14.8 Å². The fraction of sp³-hybridized carbons (Fsp3) is 0.818. The quantitative estimate of drug-likeness (QED) is 0.768. The van der Waals surface area contributed by atoms with E-state index in [0.717, 1.165) is 5.82 Å². The third-order valence-electron chi connectivity index (χ3n) is 4.19. The Labute approximate surface area is 116 Å². The molecule has 2 unspecified atom stereocenters. The molecule has 106 valence electrons. The van der Waals surface area contributed by atoms with Crippen LogP contribution in [-0.2, 0) is 20.3 Å². The van der Waals surface area contributed by atoms with E-state index in [9.17, 15) is 8.42 Å².